The maximum atomic E-state index is 12.5. The van der Waals surface area contributed by atoms with E-state index < -0.39 is 0 Å². The van der Waals surface area contributed by atoms with Crippen molar-refractivity contribution in [2.75, 3.05) is 0 Å². The molecule has 4 rings (SSSR count). The SMILES string of the molecule is O=c1c2ccccc2sc2cc(-c3ccccc3)ccc12. The summed E-state index contributed by atoms with van der Waals surface area (Å²) in [5, 5.41) is 1.61. The van der Waals surface area contributed by atoms with E-state index >= 15 is 0 Å². The topological polar surface area (TPSA) is 17.1 Å². The Hall–Kier alpha value is -2.45. The van der Waals surface area contributed by atoms with Crippen LogP contribution in [0.15, 0.2) is 77.6 Å². The Morgan fingerprint density at radius 2 is 1.33 bits per heavy atom. The van der Waals surface area contributed by atoms with Gasteiger partial charge in [0.1, 0.15) is 0 Å². The normalized spacial score (nSPS) is 11.0. The van der Waals surface area contributed by atoms with E-state index in [1.54, 1.807) is 11.3 Å². The fourth-order valence-corrected chi connectivity index (χ4v) is 3.72. The van der Waals surface area contributed by atoms with E-state index in [4.69, 9.17) is 0 Å². The zero-order chi connectivity index (χ0) is 14.2. The van der Waals surface area contributed by atoms with Crippen molar-refractivity contribution in [3.05, 3.63) is 83.0 Å². The summed E-state index contributed by atoms with van der Waals surface area (Å²) in [5.41, 5.74) is 2.44. The molecule has 21 heavy (non-hydrogen) atoms. The van der Waals surface area contributed by atoms with Gasteiger partial charge in [-0.1, -0.05) is 48.5 Å². The van der Waals surface area contributed by atoms with Crippen LogP contribution in [0.5, 0.6) is 0 Å². The Kier molecular flexibility index (Phi) is 2.83. The van der Waals surface area contributed by atoms with E-state index in [0.29, 0.717) is 0 Å². The van der Waals surface area contributed by atoms with Crippen molar-refractivity contribution >= 4 is 31.5 Å². The van der Waals surface area contributed by atoms with Crippen LogP contribution in [0.25, 0.3) is 31.3 Å². The first kappa shape index (κ1) is 12.3. The van der Waals surface area contributed by atoms with Gasteiger partial charge in [0.05, 0.1) is 0 Å². The lowest BCUT2D eigenvalue weighted by molar-refractivity contribution is 1.65. The van der Waals surface area contributed by atoms with Crippen LogP contribution < -0.4 is 5.43 Å². The van der Waals surface area contributed by atoms with Crippen LogP contribution >= 0.6 is 11.3 Å². The molecule has 4 aromatic rings. The third-order valence-electron chi connectivity index (χ3n) is 3.68. The quantitative estimate of drug-likeness (QED) is 0.446. The molecule has 0 unspecified atom stereocenters. The minimum Gasteiger partial charge on any atom is -0.289 e. The van der Waals surface area contributed by atoms with Gasteiger partial charge < -0.3 is 0 Å². The molecule has 0 bridgehead atoms. The average Bonchev–Trinajstić information content (AvgIpc) is 2.55. The van der Waals surface area contributed by atoms with Crippen LogP contribution in [0.3, 0.4) is 0 Å². The lowest BCUT2D eigenvalue weighted by Crippen LogP contribution is -2.00. The number of hydrogen-bond acceptors (Lipinski definition) is 2. The summed E-state index contributed by atoms with van der Waals surface area (Å²) < 4.78 is 2.08. The number of fused-ring (bicyclic) bond motifs is 2. The van der Waals surface area contributed by atoms with Crippen LogP contribution in [-0.2, 0) is 0 Å². The lowest BCUT2D eigenvalue weighted by Gasteiger charge is -2.05. The number of rotatable bonds is 1. The fraction of sp³-hybridized carbons (Fsp3) is 0. The monoisotopic (exact) mass is 288 g/mol. The van der Waals surface area contributed by atoms with Crippen molar-refractivity contribution in [1.29, 1.82) is 0 Å². The molecular formula is C19H12OS. The van der Waals surface area contributed by atoms with Gasteiger partial charge in [0.15, 0.2) is 5.43 Å². The second-order valence-corrected chi connectivity index (χ2v) is 6.09. The minimum absolute atomic E-state index is 0.124. The van der Waals surface area contributed by atoms with E-state index in [2.05, 4.69) is 18.2 Å². The molecule has 0 amide bonds. The predicted molar refractivity (Wildman–Crippen MR) is 91.0 cm³/mol. The second-order valence-electron chi connectivity index (χ2n) is 5.00. The maximum Gasteiger partial charge on any atom is 0.195 e. The van der Waals surface area contributed by atoms with E-state index in [1.165, 1.54) is 5.56 Å². The first-order valence-electron chi connectivity index (χ1n) is 6.84. The first-order valence-corrected chi connectivity index (χ1v) is 7.65. The Morgan fingerprint density at radius 3 is 2.19 bits per heavy atom. The molecule has 0 saturated carbocycles. The third kappa shape index (κ3) is 2.05. The van der Waals surface area contributed by atoms with Gasteiger partial charge in [0.2, 0.25) is 0 Å². The van der Waals surface area contributed by atoms with E-state index in [-0.39, 0.29) is 5.43 Å². The van der Waals surface area contributed by atoms with Gasteiger partial charge in [-0.15, -0.1) is 11.3 Å². The summed E-state index contributed by atoms with van der Waals surface area (Å²) in [5.74, 6) is 0. The van der Waals surface area contributed by atoms with Gasteiger partial charge in [0.25, 0.3) is 0 Å². The zero-order valence-electron chi connectivity index (χ0n) is 11.2. The van der Waals surface area contributed by atoms with Gasteiger partial charge in [0, 0.05) is 20.2 Å². The highest BCUT2D eigenvalue weighted by Crippen LogP contribution is 2.28. The molecule has 0 N–H and O–H groups in total. The van der Waals surface area contributed by atoms with E-state index in [1.807, 2.05) is 54.6 Å². The molecular weight excluding hydrogens is 276 g/mol. The highest BCUT2D eigenvalue weighted by atomic mass is 32.1. The fourth-order valence-electron chi connectivity index (χ4n) is 2.61. The molecule has 0 spiro atoms. The summed E-state index contributed by atoms with van der Waals surface area (Å²) >= 11 is 1.67. The van der Waals surface area contributed by atoms with Gasteiger partial charge in [-0.3, -0.25) is 4.79 Å². The molecule has 0 fully saturated rings. The summed E-state index contributed by atoms with van der Waals surface area (Å²) in [6, 6.07) is 24.1. The highest BCUT2D eigenvalue weighted by Gasteiger charge is 2.06. The predicted octanol–water partition coefficient (Wildman–Crippen LogP) is 5.08. The molecule has 1 aromatic heterocycles. The molecule has 0 radical (unpaired) electrons. The van der Waals surface area contributed by atoms with Crippen LogP contribution in [0.1, 0.15) is 0 Å². The van der Waals surface area contributed by atoms with E-state index in [9.17, 15) is 4.79 Å². The molecule has 1 nitrogen and oxygen atoms in total. The summed E-state index contributed by atoms with van der Waals surface area (Å²) in [4.78, 5) is 12.5. The summed E-state index contributed by atoms with van der Waals surface area (Å²) in [7, 11) is 0. The molecule has 1 heterocycles. The third-order valence-corrected chi connectivity index (χ3v) is 4.82. The van der Waals surface area contributed by atoms with Crippen molar-refractivity contribution in [2.24, 2.45) is 0 Å². The summed E-state index contributed by atoms with van der Waals surface area (Å²) in [6.07, 6.45) is 0. The van der Waals surface area contributed by atoms with Crippen molar-refractivity contribution in [3.63, 3.8) is 0 Å². The Bertz CT molecular complexity index is 1000. The second kappa shape index (κ2) is 4.83. The van der Waals surface area contributed by atoms with Crippen molar-refractivity contribution in [2.45, 2.75) is 0 Å². The smallest absolute Gasteiger partial charge is 0.195 e. The van der Waals surface area contributed by atoms with Crippen LogP contribution in [0, 0.1) is 0 Å². The molecule has 0 aliphatic carbocycles. The van der Waals surface area contributed by atoms with Crippen LogP contribution in [0.4, 0.5) is 0 Å². The zero-order valence-corrected chi connectivity index (χ0v) is 12.1. The van der Waals surface area contributed by atoms with Gasteiger partial charge in [-0.25, -0.2) is 0 Å². The molecule has 2 heteroatoms. The molecule has 3 aromatic carbocycles. The first-order chi connectivity index (χ1) is 10.3. The standard InChI is InChI=1S/C19H12OS/c20-19-15-8-4-5-9-17(15)21-18-12-14(10-11-16(18)19)13-6-2-1-3-7-13/h1-12H. The molecule has 0 aliphatic rings. The number of hydrogen-bond donors (Lipinski definition) is 0. The highest BCUT2D eigenvalue weighted by molar-refractivity contribution is 7.24. The van der Waals surface area contributed by atoms with Crippen molar-refractivity contribution in [1.82, 2.24) is 0 Å². The van der Waals surface area contributed by atoms with Gasteiger partial charge in [-0.05, 0) is 35.4 Å². The minimum atomic E-state index is 0.124. The van der Waals surface area contributed by atoms with Crippen molar-refractivity contribution in [3.8, 4) is 11.1 Å². The van der Waals surface area contributed by atoms with Crippen molar-refractivity contribution < 1.29 is 0 Å². The Labute approximate surface area is 126 Å². The molecule has 100 valence electrons. The Morgan fingerprint density at radius 1 is 0.619 bits per heavy atom. The molecule has 0 atom stereocenters. The maximum absolute atomic E-state index is 12.5. The number of benzene rings is 3. The van der Waals surface area contributed by atoms with Gasteiger partial charge >= 0.3 is 0 Å². The average molecular weight is 288 g/mol. The van der Waals surface area contributed by atoms with Crippen LogP contribution in [0.2, 0.25) is 0 Å². The summed E-state index contributed by atoms with van der Waals surface area (Å²) in [6.45, 7) is 0. The largest absolute Gasteiger partial charge is 0.289 e. The molecule has 0 aliphatic heterocycles. The van der Waals surface area contributed by atoms with Gasteiger partial charge in [-0.2, -0.15) is 0 Å². The van der Waals surface area contributed by atoms with E-state index in [0.717, 1.165) is 25.7 Å². The Balaban J connectivity index is 2.04. The lowest BCUT2D eigenvalue weighted by atomic mass is 10.0. The molecule has 0 saturated heterocycles. The van der Waals surface area contributed by atoms with Crippen LogP contribution in [-0.4, -0.2) is 0 Å².